The molecule has 38 heavy (non-hydrogen) atoms. The Morgan fingerprint density at radius 2 is 1.79 bits per heavy atom. The molecule has 0 radical (unpaired) electrons. The van der Waals surface area contributed by atoms with Gasteiger partial charge in [-0.05, 0) is 48.6 Å². The molecule has 1 heterocycles. The van der Waals surface area contributed by atoms with E-state index >= 15 is 0 Å². The molecule has 1 aromatic heterocycles. The monoisotopic (exact) mass is 528 g/mol. The standard InChI is InChI=1S/C29H28N4O4S/c34-27(30-23-10-4-5-11-23)22-13-14-25-26(18-22)31-29(38-19-21-9-6-12-24(17-21)33(36)37)32(28(25)35)16-15-20-7-2-1-3-8-20/h1-3,6-9,12-14,17-18,23H,4-5,10-11,15-16,19H2,(H,30,34). The average Bonchev–Trinajstić information content (AvgIpc) is 3.45. The van der Waals surface area contributed by atoms with E-state index in [4.69, 9.17) is 4.98 Å². The first-order chi connectivity index (χ1) is 18.5. The highest BCUT2D eigenvalue weighted by Gasteiger charge is 2.19. The molecule has 0 atom stereocenters. The van der Waals surface area contributed by atoms with Gasteiger partial charge in [-0.3, -0.25) is 24.3 Å². The number of aromatic nitrogens is 2. The van der Waals surface area contributed by atoms with Crippen molar-refractivity contribution in [3.63, 3.8) is 0 Å². The third kappa shape index (κ3) is 5.94. The van der Waals surface area contributed by atoms with Crippen molar-refractivity contribution in [3.05, 3.63) is 110 Å². The third-order valence-electron chi connectivity index (χ3n) is 6.83. The Morgan fingerprint density at radius 1 is 1.03 bits per heavy atom. The Hall–Kier alpha value is -3.98. The van der Waals surface area contributed by atoms with Gasteiger partial charge in [-0.2, -0.15) is 0 Å². The molecule has 0 aliphatic heterocycles. The highest BCUT2D eigenvalue weighted by molar-refractivity contribution is 7.98. The number of fused-ring (bicyclic) bond motifs is 1. The molecule has 1 N–H and O–H groups in total. The molecule has 194 valence electrons. The summed E-state index contributed by atoms with van der Waals surface area (Å²) in [6, 6.07) is 21.6. The van der Waals surface area contributed by atoms with Crippen molar-refractivity contribution in [2.75, 3.05) is 0 Å². The van der Waals surface area contributed by atoms with Crippen LogP contribution in [0.5, 0.6) is 0 Å². The van der Waals surface area contributed by atoms with Crippen LogP contribution in [0.3, 0.4) is 0 Å². The smallest absolute Gasteiger partial charge is 0.269 e. The molecular formula is C29H28N4O4S. The van der Waals surface area contributed by atoms with Gasteiger partial charge >= 0.3 is 0 Å². The highest BCUT2D eigenvalue weighted by atomic mass is 32.2. The molecule has 4 aromatic rings. The van der Waals surface area contributed by atoms with E-state index in [1.165, 1.54) is 23.9 Å². The van der Waals surface area contributed by atoms with Crippen LogP contribution in [0.15, 0.2) is 82.7 Å². The van der Waals surface area contributed by atoms with Crippen LogP contribution >= 0.6 is 11.8 Å². The fourth-order valence-electron chi connectivity index (χ4n) is 4.78. The zero-order chi connectivity index (χ0) is 26.5. The first kappa shape index (κ1) is 25.7. The SMILES string of the molecule is O=C(NC1CCCC1)c1ccc2c(=O)n(CCc3ccccc3)c(SCc3cccc([N+](=O)[O-])c3)nc2c1. The van der Waals surface area contributed by atoms with Crippen LogP contribution in [0, 0.1) is 10.1 Å². The van der Waals surface area contributed by atoms with Crippen LogP contribution in [0.2, 0.25) is 0 Å². The Labute approximate surface area is 224 Å². The number of nitrogens with zero attached hydrogens (tertiary/aromatic N) is 3. The third-order valence-corrected chi connectivity index (χ3v) is 7.88. The molecule has 9 heteroatoms. The van der Waals surface area contributed by atoms with Crippen LogP contribution in [-0.4, -0.2) is 26.4 Å². The quantitative estimate of drug-likeness (QED) is 0.133. The fraction of sp³-hybridized carbons (Fsp3) is 0.276. The molecular weight excluding hydrogens is 500 g/mol. The van der Waals surface area contributed by atoms with Crippen molar-refractivity contribution in [3.8, 4) is 0 Å². The fourth-order valence-corrected chi connectivity index (χ4v) is 5.75. The normalized spacial score (nSPS) is 13.6. The number of amides is 1. The van der Waals surface area contributed by atoms with Crippen LogP contribution < -0.4 is 10.9 Å². The van der Waals surface area contributed by atoms with Crippen molar-refractivity contribution in [2.45, 2.75) is 55.6 Å². The van der Waals surface area contributed by atoms with Gasteiger partial charge in [0.1, 0.15) is 0 Å². The summed E-state index contributed by atoms with van der Waals surface area (Å²) >= 11 is 1.35. The average molecular weight is 529 g/mol. The number of non-ortho nitro benzene ring substituents is 1. The topological polar surface area (TPSA) is 107 Å². The highest BCUT2D eigenvalue weighted by Crippen LogP contribution is 2.25. The predicted molar refractivity (Wildman–Crippen MR) is 149 cm³/mol. The van der Waals surface area contributed by atoms with Crippen molar-refractivity contribution in [1.29, 1.82) is 0 Å². The molecule has 3 aromatic carbocycles. The summed E-state index contributed by atoms with van der Waals surface area (Å²) in [4.78, 5) is 42.0. The maximum atomic E-state index is 13.6. The number of thioether (sulfide) groups is 1. The van der Waals surface area contributed by atoms with Gasteiger partial charge in [-0.25, -0.2) is 4.98 Å². The first-order valence-corrected chi connectivity index (χ1v) is 13.7. The van der Waals surface area contributed by atoms with Crippen molar-refractivity contribution in [2.24, 2.45) is 0 Å². The van der Waals surface area contributed by atoms with Gasteiger partial charge in [-0.1, -0.05) is 67.1 Å². The van der Waals surface area contributed by atoms with E-state index in [1.54, 1.807) is 28.8 Å². The lowest BCUT2D eigenvalue weighted by molar-refractivity contribution is -0.384. The van der Waals surface area contributed by atoms with Gasteiger partial charge < -0.3 is 5.32 Å². The van der Waals surface area contributed by atoms with E-state index in [-0.39, 0.29) is 23.2 Å². The van der Waals surface area contributed by atoms with Crippen LogP contribution in [0.1, 0.15) is 47.2 Å². The van der Waals surface area contributed by atoms with E-state index in [9.17, 15) is 19.7 Å². The molecule has 1 saturated carbocycles. The summed E-state index contributed by atoms with van der Waals surface area (Å²) in [5.74, 6) is 0.256. The van der Waals surface area contributed by atoms with Gasteiger partial charge in [-0.15, -0.1) is 0 Å². The number of benzene rings is 3. The van der Waals surface area contributed by atoms with Gasteiger partial charge in [0.05, 0.1) is 15.8 Å². The molecule has 0 saturated heterocycles. The van der Waals surface area contributed by atoms with E-state index in [0.29, 0.717) is 40.3 Å². The van der Waals surface area contributed by atoms with E-state index < -0.39 is 4.92 Å². The molecule has 0 unspecified atom stereocenters. The lowest BCUT2D eigenvalue weighted by Crippen LogP contribution is -2.32. The molecule has 1 aliphatic carbocycles. The Morgan fingerprint density at radius 3 is 2.55 bits per heavy atom. The van der Waals surface area contributed by atoms with Crippen molar-refractivity contribution >= 4 is 34.3 Å². The predicted octanol–water partition coefficient (Wildman–Crippen LogP) is 5.51. The molecule has 1 fully saturated rings. The number of hydrogen-bond acceptors (Lipinski definition) is 6. The number of nitro groups is 1. The molecule has 0 bridgehead atoms. The number of aryl methyl sites for hydroxylation is 1. The number of hydrogen-bond donors (Lipinski definition) is 1. The van der Waals surface area contributed by atoms with Gasteiger partial charge in [0.15, 0.2) is 5.16 Å². The second-order valence-corrected chi connectivity index (χ2v) is 10.4. The van der Waals surface area contributed by atoms with Crippen LogP contribution in [0.25, 0.3) is 10.9 Å². The lowest BCUT2D eigenvalue weighted by atomic mass is 10.1. The number of nitro benzene ring substituents is 1. The zero-order valence-electron chi connectivity index (χ0n) is 20.8. The number of carbonyl (C=O) groups is 1. The lowest BCUT2D eigenvalue weighted by Gasteiger charge is -2.15. The summed E-state index contributed by atoms with van der Waals surface area (Å²) in [7, 11) is 0. The van der Waals surface area contributed by atoms with E-state index in [1.807, 2.05) is 36.4 Å². The molecule has 1 aliphatic rings. The van der Waals surface area contributed by atoms with Crippen LogP contribution in [-0.2, 0) is 18.7 Å². The van der Waals surface area contributed by atoms with Crippen LogP contribution in [0.4, 0.5) is 5.69 Å². The summed E-state index contributed by atoms with van der Waals surface area (Å²) in [6.45, 7) is 0.437. The summed E-state index contributed by atoms with van der Waals surface area (Å²) in [5.41, 5.74) is 2.66. The van der Waals surface area contributed by atoms with E-state index in [2.05, 4.69) is 5.32 Å². The molecule has 5 rings (SSSR count). The summed E-state index contributed by atoms with van der Waals surface area (Å²) in [5, 5.41) is 15.3. The Bertz CT molecular complexity index is 1530. The van der Waals surface area contributed by atoms with Crippen molar-refractivity contribution < 1.29 is 9.72 Å². The second-order valence-electron chi connectivity index (χ2n) is 9.49. The molecule has 8 nitrogen and oxygen atoms in total. The van der Waals surface area contributed by atoms with Crippen molar-refractivity contribution in [1.82, 2.24) is 14.9 Å². The number of rotatable bonds is 9. The molecule has 0 spiro atoms. The number of carbonyl (C=O) groups excluding carboxylic acids is 1. The maximum absolute atomic E-state index is 13.6. The zero-order valence-corrected chi connectivity index (χ0v) is 21.7. The summed E-state index contributed by atoms with van der Waals surface area (Å²) < 4.78 is 1.66. The second kappa shape index (κ2) is 11.6. The maximum Gasteiger partial charge on any atom is 0.269 e. The van der Waals surface area contributed by atoms with Gasteiger partial charge in [0.25, 0.3) is 17.2 Å². The van der Waals surface area contributed by atoms with Gasteiger partial charge in [0.2, 0.25) is 0 Å². The summed E-state index contributed by atoms with van der Waals surface area (Å²) in [6.07, 6.45) is 4.88. The minimum absolute atomic E-state index is 0.0222. The first-order valence-electron chi connectivity index (χ1n) is 12.7. The van der Waals surface area contributed by atoms with Gasteiger partial charge in [0, 0.05) is 36.0 Å². The number of nitrogens with one attached hydrogen (secondary N) is 1. The molecule has 1 amide bonds. The van der Waals surface area contributed by atoms with E-state index in [0.717, 1.165) is 36.8 Å². The minimum atomic E-state index is -0.420. The minimum Gasteiger partial charge on any atom is -0.349 e. The Kier molecular flexibility index (Phi) is 7.83. The Balaban J connectivity index is 1.47. The largest absolute Gasteiger partial charge is 0.349 e.